The first-order chi connectivity index (χ1) is 8.22. The number of aromatic nitrogens is 3. The minimum atomic E-state index is 0.603. The highest BCUT2D eigenvalue weighted by molar-refractivity contribution is 8.01. The Bertz CT molecular complexity index is 638. The predicted octanol–water partition coefficient (Wildman–Crippen LogP) is 3.06. The zero-order valence-corrected chi connectivity index (χ0v) is 10.7. The zero-order valence-electron chi connectivity index (χ0n) is 9.10. The lowest BCUT2D eigenvalue weighted by molar-refractivity contribution is 1.10. The summed E-state index contributed by atoms with van der Waals surface area (Å²) in [6.07, 6.45) is 0. The Hall–Kier alpha value is -1.53. The minimum absolute atomic E-state index is 0.603. The van der Waals surface area contributed by atoms with Gasteiger partial charge in [0.2, 0.25) is 0 Å². The molecule has 0 unspecified atom stereocenters. The number of thiazole rings is 1. The Morgan fingerprint density at radius 3 is 2.82 bits per heavy atom. The van der Waals surface area contributed by atoms with Crippen molar-refractivity contribution in [1.82, 2.24) is 15.0 Å². The lowest BCUT2D eigenvalue weighted by Crippen LogP contribution is -1.86. The van der Waals surface area contributed by atoms with Gasteiger partial charge in [-0.3, -0.25) is 0 Å². The molecule has 4 nitrogen and oxygen atoms in total. The summed E-state index contributed by atoms with van der Waals surface area (Å²) in [5.41, 5.74) is 6.84. The van der Waals surface area contributed by atoms with Gasteiger partial charge in [-0.15, -0.1) is 11.3 Å². The van der Waals surface area contributed by atoms with Gasteiger partial charge in [0.1, 0.15) is 16.7 Å². The Kier molecular flexibility index (Phi) is 2.53. The molecule has 0 spiro atoms. The van der Waals surface area contributed by atoms with Crippen LogP contribution in [0, 0.1) is 6.92 Å². The topological polar surface area (TPSA) is 67.6 Å². The van der Waals surface area contributed by atoms with Crippen molar-refractivity contribution >= 4 is 39.1 Å². The van der Waals surface area contributed by atoms with Gasteiger partial charge in [0.15, 0.2) is 4.34 Å². The number of hydrogen-bond acceptors (Lipinski definition) is 5. The number of para-hydroxylation sites is 1. The molecule has 6 heteroatoms. The largest absolute Gasteiger partial charge is 0.383 e. The fourth-order valence-electron chi connectivity index (χ4n) is 1.54. The highest BCUT2D eigenvalue weighted by atomic mass is 32.2. The fraction of sp³-hybridized carbons (Fsp3) is 0.0909. The molecule has 0 amide bonds. The summed E-state index contributed by atoms with van der Waals surface area (Å²) < 4.78 is 2.14. The van der Waals surface area contributed by atoms with E-state index in [9.17, 15) is 0 Å². The van der Waals surface area contributed by atoms with Gasteiger partial charge in [0.05, 0.1) is 10.2 Å². The van der Waals surface area contributed by atoms with E-state index in [-0.39, 0.29) is 0 Å². The number of benzene rings is 1. The number of imidazole rings is 1. The summed E-state index contributed by atoms with van der Waals surface area (Å²) in [5, 5.41) is 0.793. The van der Waals surface area contributed by atoms with Crippen LogP contribution in [-0.4, -0.2) is 15.0 Å². The monoisotopic (exact) mass is 262 g/mol. The number of nitrogens with zero attached hydrogens (tertiary/aromatic N) is 2. The molecule has 0 aliphatic heterocycles. The predicted molar refractivity (Wildman–Crippen MR) is 71.5 cm³/mol. The van der Waals surface area contributed by atoms with Crippen molar-refractivity contribution < 1.29 is 0 Å². The van der Waals surface area contributed by atoms with Gasteiger partial charge in [-0.2, -0.15) is 0 Å². The van der Waals surface area contributed by atoms with E-state index in [1.165, 1.54) is 16.5 Å². The number of rotatable bonds is 2. The summed E-state index contributed by atoms with van der Waals surface area (Å²) in [6, 6.07) is 8.08. The molecule has 0 aliphatic carbocycles. The average molecular weight is 262 g/mol. The van der Waals surface area contributed by atoms with Gasteiger partial charge in [-0.1, -0.05) is 12.1 Å². The van der Waals surface area contributed by atoms with E-state index < -0.39 is 0 Å². The van der Waals surface area contributed by atoms with Crippen molar-refractivity contribution in [2.75, 3.05) is 5.73 Å². The maximum Gasteiger partial charge on any atom is 0.157 e. The van der Waals surface area contributed by atoms with Crippen LogP contribution in [0.15, 0.2) is 33.6 Å². The van der Waals surface area contributed by atoms with Crippen LogP contribution in [0.5, 0.6) is 0 Å². The summed E-state index contributed by atoms with van der Waals surface area (Å²) >= 11 is 3.15. The highest BCUT2D eigenvalue weighted by Gasteiger charge is 2.10. The molecule has 86 valence electrons. The molecule has 0 saturated carbocycles. The molecule has 17 heavy (non-hydrogen) atoms. The molecule has 2 heterocycles. The number of aromatic amines is 1. The van der Waals surface area contributed by atoms with Crippen molar-refractivity contribution in [2.45, 2.75) is 16.3 Å². The smallest absolute Gasteiger partial charge is 0.157 e. The van der Waals surface area contributed by atoms with Crippen LogP contribution in [0.25, 0.3) is 10.2 Å². The Balaban J connectivity index is 1.97. The normalized spacial score (nSPS) is 11.1. The van der Waals surface area contributed by atoms with Crippen LogP contribution in [0.2, 0.25) is 0 Å². The van der Waals surface area contributed by atoms with Crippen LogP contribution in [0.3, 0.4) is 0 Å². The third-order valence-electron chi connectivity index (χ3n) is 2.27. The van der Waals surface area contributed by atoms with E-state index in [1.54, 1.807) is 11.3 Å². The fourth-order valence-corrected chi connectivity index (χ4v) is 3.57. The van der Waals surface area contributed by atoms with Crippen molar-refractivity contribution in [1.29, 1.82) is 0 Å². The second kappa shape index (κ2) is 4.05. The molecule has 0 fully saturated rings. The molecule has 1 aromatic carbocycles. The maximum atomic E-state index is 5.82. The number of aryl methyl sites for hydroxylation is 1. The molecule has 0 atom stereocenters. The van der Waals surface area contributed by atoms with Crippen LogP contribution in [-0.2, 0) is 0 Å². The van der Waals surface area contributed by atoms with Gasteiger partial charge in [0, 0.05) is 0 Å². The quantitative estimate of drug-likeness (QED) is 0.745. The first-order valence-corrected chi connectivity index (χ1v) is 6.71. The van der Waals surface area contributed by atoms with Crippen LogP contribution >= 0.6 is 23.1 Å². The summed E-state index contributed by atoms with van der Waals surface area (Å²) in [6.45, 7) is 1.89. The van der Waals surface area contributed by atoms with Gasteiger partial charge >= 0.3 is 0 Å². The summed E-state index contributed by atoms with van der Waals surface area (Å²) in [4.78, 5) is 11.8. The van der Waals surface area contributed by atoms with Gasteiger partial charge < -0.3 is 10.7 Å². The number of nitrogens with one attached hydrogen (secondary N) is 1. The standard InChI is InChI=1S/C11H10N4S2/c1-6-13-9(12)10(14-6)17-11-15-7-4-2-3-5-8(7)16-11/h2-5H,12H2,1H3,(H,13,14). The second-order valence-electron chi connectivity index (χ2n) is 3.59. The molecule has 2 aromatic heterocycles. The lowest BCUT2D eigenvalue weighted by Gasteiger charge is -1.91. The van der Waals surface area contributed by atoms with E-state index in [0.29, 0.717) is 5.82 Å². The molecule has 3 aromatic rings. The number of nitrogens with two attached hydrogens (primary N) is 1. The third-order valence-corrected chi connectivity index (χ3v) is 4.37. The van der Waals surface area contributed by atoms with E-state index in [0.717, 1.165) is 20.7 Å². The number of H-pyrrole nitrogens is 1. The molecule has 3 N–H and O–H groups in total. The molecular weight excluding hydrogens is 252 g/mol. The first kappa shape index (κ1) is 10.6. The molecule has 0 bridgehead atoms. The molecule has 0 radical (unpaired) electrons. The zero-order chi connectivity index (χ0) is 11.8. The number of hydrogen-bond donors (Lipinski definition) is 2. The third kappa shape index (κ3) is 2.01. The Morgan fingerprint density at radius 1 is 1.29 bits per heavy atom. The van der Waals surface area contributed by atoms with Crippen LogP contribution < -0.4 is 5.73 Å². The number of anilines is 1. The second-order valence-corrected chi connectivity index (χ2v) is 5.86. The van der Waals surface area contributed by atoms with Crippen molar-refractivity contribution in [3.05, 3.63) is 30.1 Å². The number of nitrogen functional groups attached to an aromatic ring is 1. The van der Waals surface area contributed by atoms with Crippen LogP contribution in [0.1, 0.15) is 5.82 Å². The van der Waals surface area contributed by atoms with Crippen LogP contribution in [0.4, 0.5) is 5.82 Å². The summed E-state index contributed by atoms with van der Waals surface area (Å²) in [5.74, 6) is 1.43. The van der Waals surface area contributed by atoms with Gasteiger partial charge in [0.25, 0.3) is 0 Å². The molecular formula is C11H10N4S2. The molecule has 0 saturated heterocycles. The Labute approximate surface area is 106 Å². The molecule has 0 aliphatic rings. The van der Waals surface area contributed by atoms with Crippen molar-refractivity contribution in [3.8, 4) is 0 Å². The van der Waals surface area contributed by atoms with Gasteiger partial charge in [-0.25, -0.2) is 9.97 Å². The highest BCUT2D eigenvalue weighted by Crippen LogP contribution is 2.35. The van der Waals surface area contributed by atoms with E-state index >= 15 is 0 Å². The van der Waals surface area contributed by atoms with E-state index in [4.69, 9.17) is 5.73 Å². The Morgan fingerprint density at radius 2 is 2.12 bits per heavy atom. The SMILES string of the molecule is Cc1nc(Sc2nc3ccccc3s2)c(N)[nH]1. The maximum absolute atomic E-state index is 5.82. The first-order valence-electron chi connectivity index (χ1n) is 5.08. The minimum Gasteiger partial charge on any atom is -0.383 e. The van der Waals surface area contributed by atoms with Crippen molar-refractivity contribution in [3.63, 3.8) is 0 Å². The van der Waals surface area contributed by atoms with E-state index in [2.05, 4.69) is 21.0 Å². The average Bonchev–Trinajstić information content (AvgIpc) is 2.82. The number of fused-ring (bicyclic) bond motifs is 1. The van der Waals surface area contributed by atoms with Gasteiger partial charge in [-0.05, 0) is 30.8 Å². The van der Waals surface area contributed by atoms with Crippen molar-refractivity contribution in [2.24, 2.45) is 0 Å². The summed E-state index contributed by atoms with van der Waals surface area (Å²) in [7, 11) is 0. The van der Waals surface area contributed by atoms with E-state index in [1.807, 2.05) is 25.1 Å². The lowest BCUT2D eigenvalue weighted by atomic mass is 10.3. The molecule has 3 rings (SSSR count).